The molecule has 0 spiro atoms. The maximum Gasteiger partial charge on any atom is 0.179 e. The van der Waals surface area contributed by atoms with Crippen molar-refractivity contribution in [1.29, 1.82) is 5.26 Å². The summed E-state index contributed by atoms with van der Waals surface area (Å²) in [5.41, 5.74) is 3.30. The molecule has 0 atom stereocenters. The number of hydrogen-bond acceptors (Lipinski definition) is 4. The highest BCUT2D eigenvalue weighted by Gasteiger charge is 2.14. The fraction of sp³-hybridized carbons (Fsp3) is 0.214. The first-order valence-corrected chi connectivity index (χ1v) is 6.34. The summed E-state index contributed by atoms with van der Waals surface area (Å²) >= 11 is 1.36. The lowest BCUT2D eigenvalue weighted by Gasteiger charge is -2.02. The second-order valence-electron chi connectivity index (χ2n) is 4.11. The van der Waals surface area contributed by atoms with Crippen LogP contribution >= 0.6 is 11.5 Å². The minimum absolute atomic E-state index is 0.00277. The lowest BCUT2D eigenvalue weighted by Crippen LogP contribution is -2.00. The Morgan fingerprint density at radius 2 is 2.06 bits per heavy atom. The average Bonchev–Trinajstić information content (AvgIpc) is 2.72. The van der Waals surface area contributed by atoms with E-state index in [0.29, 0.717) is 17.7 Å². The summed E-state index contributed by atoms with van der Waals surface area (Å²) in [5.74, 6) is 0.00277. The highest BCUT2D eigenvalue weighted by atomic mass is 32.1. The molecule has 0 amide bonds. The number of Topliss-reactive ketones (excluding diaryl/α,β-unsaturated/α-hetero) is 1. The van der Waals surface area contributed by atoms with Crippen molar-refractivity contribution in [3.8, 4) is 6.07 Å². The van der Waals surface area contributed by atoms with Crippen LogP contribution in [0.5, 0.6) is 0 Å². The van der Waals surface area contributed by atoms with Crippen molar-refractivity contribution in [2.24, 2.45) is 0 Å². The molecule has 0 aliphatic heterocycles. The van der Waals surface area contributed by atoms with Gasteiger partial charge in [0.1, 0.15) is 5.69 Å². The molecule has 0 saturated carbocycles. The number of benzene rings is 1. The number of hydrogen-bond donors (Lipinski definition) is 0. The molecule has 0 bridgehead atoms. The number of carbonyl (C=O) groups excluding carboxylic acids is 1. The number of carbonyl (C=O) groups is 1. The van der Waals surface area contributed by atoms with Gasteiger partial charge in [-0.25, -0.2) is 0 Å². The molecule has 18 heavy (non-hydrogen) atoms. The quantitative estimate of drug-likeness (QED) is 0.793. The van der Waals surface area contributed by atoms with E-state index in [0.717, 1.165) is 16.0 Å². The first-order valence-electron chi connectivity index (χ1n) is 5.57. The van der Waals surface area contributed by atoms with Gasteiger partial charge in [-0.1, -0.05) is 12.1 Å². The van der Waals surface area contributed by atoms with Gasteiger partial charge in [0, 0.05) is 23.8 Å². The van der Waals surface area contributed by atoms with Crippen molar-refractivity contribution in [2.45, 2.75) is 20.3 Å². The third kappa shape index (κ3) is 2.47. The Balaban J connectivity index is 2.31. The zero-order valence-electron chi connectivity index (χ0n) is 10.2. The molecular weight excluding hydrogens is 244 g/mol. The number of nitriles is 1. The lowest BCUT2D eigenvalue weighted by molar-refractivity contribution is 0.101. The summed E-state index contributed by atoms with van der Waals surface area (Å²) in [5, 5.41) is 8.74. The van der Waals surface area contributed by atoms with Gasteiger partial charge < -0.3 is 0 Å². The molecule has 1 aromatic heterocycles. The minimum Gasteiger partial charge on any atom is -0.293 e. The van der Waals surface area contributed by atoms with Gasteiger partial charge in [-0.2, -0.15) is 9.64 Å². The van der Waals surface area contributed by atoms with Crippen LogP contribution in [0.2, 0.25) is 0 Å². The topological polar surface area (TPSA) is 53.8 Å². The third-order valence-corrected chi connectivity index (χ3v) is 3.58. The van der Waals surface area contributed by atoms with Crippen LogP contribution < -0.4 is 0 Å². The first kappa shape index (κ1) is 12.5. The van der Waals surface area contributed by atoms with Gasteiger partial charge in [-0.05, 0) is 36.2 Å². The highest BCUT2D eigenvalue weighted by Crippen LogP contribution is 2.22. The monoisotopic (exact) mass is 256 g/mol. The molecule has 0 radical (unpaired) electrons. The maximum atomic E-state index is 11.5. The Bertz CT molecular complexity index is 620. The van der Waals surface area contributed by atoms with E-state index in [2.05, 4.69) is 10.4 Å². The Morgan fingerprint density at radius 3 is 2.61 bits per heavy atom. The van der Waals surface area contributed by atoms with Crippen LogP contribution in [-0.2, 0) is 6.42 Å². The van der Waals surface area contributed by atoms with Crippen LogP contribution in [-0.4, -0.2) is 10.2 Å². The van der Waals surface area contributed by atoms with Crippen LogP contribution in [0.3, 0.4) is 0 Å². The van der Waals surface area contributed by atoms with Gasteiger partial charge >= 0.3 is 0 Å². The van der Waals surface area contributed by atoms with Crippen LogP contribution in [0.25, 0.3) is 0 Å². The van der Waals surface area contributed by atoms with E-state index in [1.165, 1.54) is 18.5 Å². The van der Waals surface area contributed by atoms with E-state index in [-0.39, 0.29) is 5.78 Å². The Morgan fingerprint density at radius 1 is 1.39 bits per heavy atom. The molecule has 0 saturated heterocycles. The van der Waals surface area contributed by atoms with Crippen molar-refractivity contribution >= 4 is 17.3 Å². The van der Waals surface area contributed by atoms with Crippen molar-refractivity contribution in [1.82, 2.24) is 4.37 Å². The van der Waals surface area contributed by atoms with Crippen molar-refractivity contribution < 1.29 is 4.79 Å². The van der Waals surface area contributed by atoms with Gasteiger partial charge in [-0.15, -0.1) is 0 Å². The molecular formula is C14H12N2OS. The second-order valence-corrected chi connectivity index (χ2v) is 5.09. The number of rotatable bonds is 3. The second kappa shape index (κ2) is 5.11. The Kier molecular flexibility index (Phi) is 3.54. The van der Waals surface area contributed by atoms with E-state index in [4.69, 9.17) is 5.26 Å². The Hall–Kier alpha value is -1.99. The van der Waals surface area contributed by atoms with Crippen LogP contribution in [0.15, 0.2) is 24.3 Å². The summed E-state index contributed by atoms with van der Waals surface area (Å²) in [6, 6.07) is 9.50. The maximum absolute atomic E-state index is 11.5. The van der Waals surface area contributed by atoms with Crippen LogP contribution in [0.1, 0.15) is 39.0 Å². The SMILES string of the molecule is CC(=O)c1nsc(C)c1Cc1ccc(C#N)cc1. The zero-order chi connectivity index (χ0) is 13.1. The molecule has 90 valence electrons. The predicted molar refractivity (Wildman–Crippen MR) is 70.8 cm³/mol. The summed E-state index contributed by atoms with van der Waals surface area (Å²) in [6.07, 6.45) is 0.683. The van der Waals surface area contributed by atoms with Crippen molar-refractivity contribution in [2.75, 3.05) is 0 Å². The largest absolute Gasteiger partial charge is 0.293 e. The number of nitrogens with zero attached hydrogens (tertiary/aromatic N) is 2. The summed E-state index contributed by atoms with van der Waals surface area (Å²) in [7, 11) is 0. The molecule has 4 heteroatoms. The zero-order valence-corrected chi connectivity index (χ0v) is 11.0. The molecule has 1 aromatic carbocycles. The summed E-state index contributed by atoms with van der Waals surface area (Å²) in [6.45, 7) is 3.51. The number of aromatic nitrogens is 1. The fourth-order valence-corrected chi connectivity index (χ4v) is 2.52. The molecule has 0 N–H and O–H groups in total. The van der Waals surface area contributed by atoms with Gasteiger partial charge in [0.25, 0.3) is 0 Å². The first-order chi connectivity index (χ1) is 8.61. The molecule has 0 aliphatic carbocycles. The molecule has 0 aliphatic rings. The summed E-state index contributed by atoms with van der Waals surface area (Å²) in [4.78, 5) is 12.5. The van der Waals surface area contributed by atoms with Crippen LogP contribution in [0, 0.1) is 18.3 Å². The molecule has 0 fully saturated rings. The molecule has 2 aromatic rings. The summed E-state index contributed by atoms with van der Waals surface area (Å²) < 4.78 is 4.18. The third-order valence-electron chi connectivity index (χ3n) is 2.78. The van der Waals surface area contributed by atoms with Crippen molar-refractivity contribution in [3.63, 3.8) is 0 Å². The minimum atomic E-state index is 0.00277. The smallest absolute Gasteiger partial charge is 0.179 e. The van der Waals surface area contributed by atoms with Gasteiger partial charge in [-0.3, -0.25) is 4.79 Å². The molecule has 0 unspecified atom stereocenters. The lowest BCUT2D eigenvalue weighted by atomic mass is 10.0. The molecule has 1 heterocycles. The van der Waals surface area contributed by atoms with Crippen molar-refractivity contribution in [3.05, 3.63) is 51.5 Å². The van der Waals surface area contributed by atoms with Crippen LogP contribution in [0.4, 0.5) is 0 Å². The molecule has 2 rings (SSSR count). The number of aryl methyl sites for hydroxylation is 1. The van der Waals surface area contributed by atoms with Gasteiger partial charge in [0.05, 0.1) is 11.6 Å². The number of ketones is 1. The normalized spacial score (nSPS) is 10.1. The van der Waals surface area contributed by atoms with Gasteiger partial charge in [0.2, 0.25) is 0 Å². The Labute approximate surface area is 110 Å². The van der Waals surface area contributed by atoms with E-state index in [9.17, 15) is 4.79 Å². The van der Waals surface area contributed by atoms with E-state index < -0.39 is 0 Å². The predicted octanol–water partition coefficient (Wildman–Crippen LogP) is 3.12. The van der Waals surface area contributed by atoms with Gasteiger partial charge in [0.15, 0.2) is 5.78 Å². The average molecular weight is 256 g/mol. The standard InChI is InChI=1S/C14H12N2OS/c1-9(17)14-13(10(2)18-16-14)7-11-3-5-12(8-15)6-4-11/h3-6H,7H2,1-2H3. The van der Waals surface area contributed by atoms with E-state index in [1.54, 1.807) is 12.1 Å². The fourth-order valence-electron chi connectivity index (χ4n) is 1.78. The van der Waals surface area contributed by atoms with E-state index >= 15 is 0 Å². The molecule has 3 nitrogen and oxygen atoms in total. The highest BCUT2D eigenvalue weighted by molar-refractivity contribution is 7.06. The van der Waals surface area contributed by atoms with E-state index in [1.807, 2.05) is 19.1 Å².